The van der Waals surface area contributed by atoms with E-state index in [9.17, 15) is 14.9 Å². The summed E-state index contributed by atoms with van der Waals surface area (Å²) in [7, 11) is 0. The minimum absolute atomic E-state index is 0.00649. The Balaban J connectivity index is 2.96. The summed E-state index contributed by atoms with van der Waals surface area (Å²) < 4.78 is 4.91. The van der Waals surface area contributed by atoms with Crippen LogP contribution in [0.3, 0.4) is 0 Å². The molecule has 0 aromatic heterocycles. The monoisotopic (exact) mass is 266 g/mol. The van der Waals surface area contributed by atoms with E-state index in [4.69, 9.17) is 4.74 Å². The first kappa shape index (κ1) is 14.9. The molecule has 0 fully saturated rings. The van der Waals surface area contributed by atoms with Crippen molar-refractivity contribution in [3.8, 4) is 0 Å². The van der Waals surface area contributed by atoms with Crippen LogP contribution in [0.1, 0.15) is 20.8 Å². The fraction of sp³-hybridized carbons (Fsp3) is 0.462. The number of carbonyl (C=O) groups excluding carboxylic acids is 1. The molecule has 104 valence electrons. The maximum absolute atomic E-state index is 11.6. The van der Waals surface area contributed by atoms with Crippen molar-refractivity contribution in [2.45, 2.75) is 26.8 Å². The van der Waals surface area contributed by atoms with Crippen LogP contribution in [0, 0.1) is 10.1 Å². The molecule has 19 heavy (non-hydrogen) atoms. The Labute approximate surface area is 112 Å². The summed E-state index contributed by atoms with van der Waals surface area (Å²) in [5, 5.41) is 10.8. The molecule has 0 aliphatic heterocycles. The molecule has 1 aromatic rings. The summed E-state index contributed by atoms with van der Waals surface area (Å²) in [5.41, 5.74) is 0.643. The summed E-state index contributed by atoms with van der Waals surface area (Å²) in [4.78, 5) is 23.6. The number of nitro benzene ring substituents is 1. The van der Waals surface area contributed by atoms with E-state index >= 15 is 0 Å². The minimum atomic E-state index is -0.452. The molecule has 0 saturated heterocycles. The Morgan fingerprint density at radius 2 is 2.16 bits per heavy atom. The standard InChI is InChI=1S/C13H18N2O4/c1-4-19-13(16)9-14(10(2)3)11-6-5-7-12(8-11)15(17)18/h5-8,10H,4,9H2,1-3H3. The van der Waals surface area contributed by atoms with E-state index in [1.54, 1.807) is 24.0 Å². The van der Waals surface area contributed by atoms with Crippen molar-refractivity contribution in [1.82, 2.24) is 0 Å². The Morgan fingerprint density at radius 1 is 1.47 bits per heavy atom. The van der Waals surface area contributed by atoms with Gasteiger partial charge in [0, 0.05) is 23.9 Å². The van der Waals surface area contributed by atoms with Gasteiger partial charge in [-0.3, -0.25) is 14.9 Å². The third-order valence-corrected chi connectivity index (χ3v) is 2.60. The molecule has 0 heterocycles. The zero-order valence-electron chi connectivity index (χ0n) is 11.3. The van der Waals surface area contributed by atoms with Gasteiger partial charge in [0.25, 0.3) is 5.69 Å². The normalized spacial score (nSPS) is 10.3. The van der Waals surface area contributed by atoms with Gasteiger partial charge in [0.2, 0.25) is 0 Å². The first-order valence-electron chi connectivity index (χ1n) is 6.12. The molecule has 1 rings (SSSR count). The number of anilines is 1. The summed E-state index contributed by atoms with van der Waals surface area (Å²) in [6.07, 6.45) is 0. The van der Waals surface area contributed by atoms with Gasteiger partial charge < -0.3 is 9.64 Å². The van der Waals surface area contributed by atoms with Gasteiger partial charge in [-0.25, -0.2) is 0 Å². The summed E-state index contributed by atoms with van der Waals surface area (Å²) in [6.45, 7) is 5.97. The van der Waals surface area contributed by atoms with Crippen LogP contribution in [-0.2, 0) is 9.53 Å². The molecule has 0 spiro atoms. The summed E-state index contributed by atoms with van der Waals surface area (Å²) in [5.74, 6) is -0.345. The number of ether oxygens (including phenoxy) is 1. The Kier molecular flexibility index (Phi) is 5.29. The molecular weight excluding hydrogens is 248 g/mol. The predicted molar refractivity (Wildman–Crippen MR) is 72.2 cm³/mol. The van der Waals surface area contributed by atoms with Gasteiger partial charge in [0.05, 0.1) is 11.5 Å². The lowest BCUT2D eigenvalue weighted by molar-refractivity contribution is -0.384. The van der Waals surface area contributed by atoms with Gasteiger partial charge in [-0.05, 0) is 26.8 Å². The molecule has 0 radical (unpaired) electrons. The largest absolute Gasteiger partial charge is 0.465 e. The highest BCUT2D eigenvalue weighted by molar-refractivity contribution is 5.76. The number of non-ortho nitro benzene ring substituents is 1. The number of carbonyl (C=O) groups is 1. The van der Waals surface area contributed by atoms with Gasteiger partial charge in [0.15, 0.2) is 0 Å². The van der Waals surface area contributed by atoms with E-state index in [-0.39, 0.29) is 24.2 Å². The molecule has 0 aliphatic carbocycles. The lowest BCUT2D eigenvalue weighted by Gasteiger charge is -2.27. The van der Waals surface area contributed by atoms with Gasteiger partial charge >= 0.3 is 5.97 Å². The lowest BCUT2D eigenvalue weighted by atomic mass is 10.2. The molecule has 0 saturated carbocycles. The van der Waals surface area contributed by atoms with Crippen molar-refractivity contribution < 1.29 is 14.5 Å². The second-order valence-corrected chi connectivity index (χ2v) is 4.30. The molecular formula is C13H18N2O4. The molecule has 0 bridgehead atoms. The number of esters is 1. The topological polar surface area (TPSA) is 72.7 Å². The second kappa shape index (κ2) is 6.72. The number of nitro groups is 1. The fourth-order valence-electron chi connectivity index (χ4n) is 1.70. The Hall–Kier alpha value is -2.11. The number of benzene rings is 1. The molecule has 0 aliphatic rings. The third-order valence-electron chi connectivity index (χ3n) is 2.60. The zero-order valence-corrected chi connectivity index (χ0v) is 11.3. The van der Waals surface area contributed by atoms with Crippen LogP contribution < -0.4 is 4.90 Å². The van der Waals surface area contributed by atoms with Crippen LogP contribution in [0.15, 0.2) is 24.3 Å². The first-order chi connectivity index (χ1) is 8.95. The van der Waals surface area contributed by atoms with Crippen molar-refractivity contribution in [2.24, 2.45) is 0 Å². The van der Waals surface area contributed by atoms with Gasteiger partial charge in [-0.2, -0.15) is 0 Å². The van der Waals surface area contributed by atoms with E-state index < -0.39 is 4.92 Å². The molecule has 6 heteroatoms. The molecule has 0 amide bonds. The highest BCUT2D eigenvalue weighted by Gasteiger charge is 2.17. The highest BCUT2D eigenvalue weighted by atomic mass is 16.6. The Bertz CT molecular complexity index is 460. The molecule has 0 atom stereocenters. The van der Waals surface area contributed by atoms with E-state index in [2.05, 4.69) is 0 Å². The number of nitrogens with zero attached hydrogens (tertiary/aromatic N) is 2. The highest BCUT2D eigenvalue weighted by Crippen LogP contribution is 2.22. The average molecular weight is 266 g/mol. The average Bonchev–Trinajstić information content (AvgIpc) is 2.36. The van der Waals surface area contributed by atoms with Crippen molar-refractivity contribution >= 4 is 17.3 Å². The first-order valence-corrected chi connectivity index (χ1v) is 6.12. The third kappa shape index (κ3) is 4.24. The Morgan fingerprint density at radius 3 is 2.68 bits per heavy atom. The zero-order chi connectivity index (χ0) is 14.4. The van der Waals surface area contributed by atoms with E-state index in [0.29, 0.717) is 12.3 Å². The van der Waals surface area contributed by atoms with Crippen LogP contribution in [0.5, 0.6) is 0 Å². The SMILES string of the molecule is CCOC(=O)CN(c1cccc([N+](=O)[O-])c1)C(C)C. The second-order valence-electron chi connectivity index (χ2n) is 4.30. The van der Waals surface area contributed by atoms with Crippen molar-refractivity contribution in [1.29, 1.82) is 0 Å². The van der Waals surface area contributed by atoms with E-state index in [1.807, 2.05) is 13.8 Å². The van der Waals surface area contributed by atoms with Crippen LogP contribution in [0.25, 0.3) is 0 Å². The number of hydrogen-bond acceptors (Lipinski definition) is 5. The summed E-state index contributed by atoms with van der Waals surface area (Å²) >= 11 is 0. The molecule has 0 N–H and O–H groups in total. The quantitative estimate of drug-likeness (QED) is 0.449. The predicted octanol–water partition coefficient (Wildman–Crippen LogP) is 2.37. The number of hydrogen-bond donors (Lipinski definition) is 0. The summed E-state index contributed by atoms with van der Waals surface area (Å²) in [6, 6.07) is 6.26. The maximum Gasteiger partial charge on any atom is 0.325 e. The van der Waals surface area contributed by atoms with Gasteiger partial charge in [0.1, 0.15) is 6.54 Å². The number of rotatable bonds is 6. The fourth-order valence-corrected chi connectivity index (χ4v) is 1.70. The minimum Gasteiger partial charge on any atom is -0.465 e. The van der Waals surface area contributed by atoms with Crippen molar-refractivity contribution in [3.63, 3.8) is 0 Å². The molecule has 1 aromatic carbocycles. The van der Waals surface area contributed by atoms with Crippen LogP contribution in [0.2, 0.25) is 0 Å². The van der Waals surface area contributed by atoms with E-state index in [0.717, 1.165) is 0 Å². The van der Waals surface area contributed by atoms with Crippen LogP contribution >= 0.6 is 0 Å². The van der Waals surface area contributed by atoms with Crippen molar-refractivity contribution in [2.75, 3.05) is 18.1 Å². The maximum atomic E-state index is 11.6. The van der Waals surface area contributed by atoms with Crippen LogP contribution in [-0.4, -0.2) is 30.1 Å². The van der Waals surface area contributed by atoms with E-state index in [1.165, 1.54) is 12.1 Å². The van der Waals surface area contributed by atoms with Gasteiger partial charge in [-0.15, -0.1) is 0 Å². The van der Waals surface area contributed by atoms with Crippen molar-refractivity contribution in [3.05, 3.63) is 34.4 Å². The smallest absolute Gasteiger partial charge is 0.325 e. The molecule has 0 unspecified atom stereocenters. The molecule has 6 nitrogen and oxygen atoms in total. The lowest BCUT2D eigenvalue weighted by Crippen LogP contribution is -2.36. The van der Waals surface area contributed by atoms with Crippen LogP contribution in [0.4, 0.5) is 11.4 Å². The van der Waals surface area contributed by atoms with Gasteiger partial charge in [-0.1, -0.05) is 6.07 Å².